The van der Waals surface area contributed by atoms with Crippen LogP contribution in [0.4, 0.5) is 0 Å². The van der Waals surface area contributed by atoms with E-state index in [0.717, 1.165) is 0 Å². The number of allylic oxidation sites excluding steroid dienone is 2. The Morgan fingerprint density at radius 1 is 1.19 bits per heavy atom. The van der Waals surface area contributed by atoms with Crippen LogP contribution in [0.2, 0.25) is 0 Å². The fourth-order valence-electron chi connectivity index (χ4n) is 2.45. The lowest BCUT2D eigenvalue weighted by Gasteiger charge is -2.29. The highest BCUT2D eigenvalue weighted by molar-refractivity contribution is 6.05. The lowest BCUT2D eigenvalue weighted by Crippen LogP contribution is -2.18. The first-order valence-corrected chi connectivity index (χ1v) is 5.78. The summed E-state index contributed by atoms with van der Waals surface area (Å²) in [7, 11) is 2.00. The van der Waals surface area contributed by atoms with Crippen molar-refractivity contribution in [1.82, 2.24) is 5.32 Å². The van der Waals surface area contributed by atoms with Crippen molar-refractivity contribution in [3.05, 3.63) is 40.0 Å². The lowest BCUT2D eigenvalue weighted by molar-refractivity contribution is 1.09. The molecule has 1 aliphatic rings. The van der Waals surface area contributed by atoms with Gasteiger partial charge in [-0.15, -0.1) is 0 Å². The van der Waals surface area contributed by atoms with Crippen LogP contribution in [0.5, 0.6) is 0 Å². The van der Waals surface area contributed by atoms with Crippen molar-refractivity contribution >= 4 is 17.3 Å². The molecular formula is C15H19N. The second-order valence-corrected chi connectivity index (χ2v) is 4.40. The number of aryl methyl sites for hydroxylation is 1. The van der Waals surface area contributed by atoms with Crippen LogP contribution in [0, 0.1) is 13.8 Å². The maximum absolute atomic E-state index is 3.30. The Balaban J connectivity index is 2.69. The van der Waals surface area contributed by atoms with E-state index in [9.17, 15) is 0 Å². The van der Waals surface area contributed by atoms with E-state index in [0.29, 0.717) is 0 Å². The van der Waals surface area contributed by atoms with Crippen LogP contribution in [0.25, 0.3) is 17.3 Å². The summed E-state index contributed by atoms with van der Waals surface area (Å²) in [5, 5.41) is 3.30. The Bertz CT molecular complexity index is 505. The van der Waals surface area contributed by atoms with E-state index in [1.54, 1.807) is 0 Å². The van der Waals surface area contributed by atoms with Crippen LogP contribution >= 0.6 is 0 Å². The number of fused-ring (bicyclic) bond motifs is 1. The molecule has 0 heterocycles. The molecule has 1 nitrogen and oxygen atoms in total. The largest absolute Gasteiger partial charge is 0.387 e. The predicted molar refractivity (Wildman–Crippen MR) is 72.2 cm³/mol. The molecule has 84 valence electrons. The van der Waals surface area contributed by atoms with Gasteiger partial charge in [0.15, 0.2) is 0 Å². The maximum atomic E-state index is 3.30. The SMILES string of the molecule is C/C=C\c1c(C)c(C)cc2c1C(NC)=C2C. The maximum Gasteiger partial charge on any atom is 0.0459 e. The third-order valence-corrected chi connectivity index (χ3v) is 3.51. The van der Waals surface area contributed by atoms with Crippen molar-refractivity contribution in [1.29, 1.82) is 0 Å². The zero-order valence-electron chi connectivity index (χ0n) is 10.7. The van der Waals surface area contributed by atoms with Crippen molar-refractivity contribution < 1.29 is 0 Å². The van der Waals surface area contributed by atoms with Gasteiger partial charge in [-0.3, -0.25) is 0 Å². The molecule has 1 N–H and O–H groups in total. The summed E-state index contributed by atoms with van der Waals surface area (Å²) in [6.45, 7) is 8.64. The van der Waals surface area contributed by atoms with Crippen LogP contribution in [-0.2, 0) is 0 Å². The number of benzene rings is 1. The quantitative estimate of drug-likeness (QED) is 0.788. The first kappa shape index (κ1) is 11.0. The second kappa shape index (κ2) is 3.82. The smallest absolute Gasteiger partial charge is 0.0459 e. The zero-order chi connectivity index (χ0) is 11.9. The van der Waals surface area contributed by atoms with E-state index < -0.39 is 0 Å². The Morgan fingerprint density at radius 3 is 2.44 bits per heavy atom. The molecule has 0 bridgehead atoms. The van der Waals surface area contributed by atoms with Crippen LogP contribution in [0.3, 0.4) is 0 Å². The Hall–Kier alpha value is -1.50. The molecule has 1 heteroatoms. The minimum atomic E-state index is 1.30. The fourth-order valence-corrected chi connectivity index (χ4v) is 2.45. The third kappa shape index (κ3) is 1.31. The van der Waals surface area contributed by atoms with E-state index in [4.69, 9.17) is 0 Å². The average molecular weight is 213 g/mol. The van der Waals surface area contributed by atoms with Crippen LogP contribution in [-0.4, -0.2) is 7.05 Å². The molecule has 0 spiro atoms. The monoisotopic (exact) mass is 213 g/mol. The summed E-state index contributed by atoms with van der Waals surface area (Å²) < 4.78 is 0. The number of hydrogen-bond donors (Lipinski definition) is 1. The zero-order valence-corrected chi connectivity index (χ0v) is 10.7. The van der Waals surface area contributed by atoms with Crippen molar-refractivity contribution in [2.75, 3.05) is 7.05 Å². The van der Waals surface area contributed by atoms with Gasteiger partial charge < -0.3 is 5.32 Å². The molecule has 0 saturated heterocycles. The fraction of sp³-hybridized carbons (Fsp3) is 0.333. The summed E-state index contributed by atoms with van der Waals surface area (Å²) in [5.41, 5.74) is 9.60. The Morgan fingerprint density at radius 2 is 1.88 bits per heavy atom. The van der Waals surface area contributed by atoms with Gasteiger partial charge in [0, 0.05) is 18.3 Å². The Labute approximate surface area is 97.9 Å². The molecule has 0 atom stereocenters. The molecule has 0 aliphatic heterocycles. The first-order valence-electron chi connectivity index (χ1n) is 5.78. The van der Waals surface area contributed by atoms with Crippen molar-refractivity contribution in [2.45, 2.75) is 27.7 Å². The van der Waals surface area contributed by atoms with Gasteiger partial charge in [-0.2, -0.15) is 0 Å². The predicted octanol–water partition coefficient (Wildman–Crippen LogP) is 3.76. The summed E-state index contributed by atoms with van der Waals surface area (Å²) in [6, 6.07) is 2.30. The van der Waals surface area contributed by atoms with Crippen LogP contribution in [0.15, 0.2) is 12.1 Å². The molecule has 0 fully saturated rings. The first-order chi connectivity index (χ1) is 7.61. The summed E-state index contributed by atoms with van der Waals surface area (Å²) >= 11 is 0. The van der Waals surface area contributed by atoms with Gasteiger partial charge in [-0.1, -0.05) is 18.2 Å². The summed E-state index contributed by atoms with van der Waals surface area (Å²) in [4.78, 5) is 0. The highest BCUT2D eigenvalue weighted by atomic mass is 14.9. The van der Waals surface area contributed by atoms with E-state index in [1.165, 1.54) is 39.1 Å². The van der Waals surface area contributed by atoms with Gasteiger partial charge >= 0.3 is 0 Å². The Kier molecular flexibility index (Phi) is 2.63. The molecule has 1 aromatic rings. The molecule has 0 aromatic heterocycles. The van der Waals surface area contributed by atoms with Crippen molar-refractivity contribution in [3.63, 3.8) is 0 Å². The summed E-state index contributed by atoms with van der Waals surface area (Å²) in [5.74, 6) is 0. The highest BCUT2D eigenvalue weighted by Gasteiger charge is 2.25. The average Bonchev–Trinajstić information content (AvgIpc) is 2.27. The third-order valence-electron chi connectivity index (χ3n) is 3.51. The standard InChI is InChI=1S/C15H19N/c1-6-7-12-10(3)9(2)8-13-11(4)15(16-5)14(12)13/h6-8,16H,1-5H3/b7-6-. The number of rotatable bonds is 2. The molecule has 0 radical (unpaired) electrons. The van der Waals surface area contributed by atoms with E-state index in [2.05, 4.69) is 51.2 Å². The molecule has 0 unspecified atom stereocenters. The normalized spacial score (nSPS) is 14.1. The molecular weight excluding hydrogens is 194 g/mol. The van der Waals surface area contributed by atoms with Crippen LogP contribution < -0.4 is 5.32 Å². The van der Waals surface area contributed by atoms with Crippen LogP contribution in [0.1, 0.15) is 41.7 Å². The van der Waals surface area contributed by atoms with Crippen molar-refractivity contribution in [2.24, 2.45) is 0 Å². The minimum Gasteiger partial charge on any atom is -0.387 e. The van der Waals surface area contributed by atoms with E-state index >= 15 is 0 Å². The number of hydrogen-bond acceptors (Lipinski definition) is 1. The van der Waals surface area contributed by atoms with Gasteiger partial charge in [-0.25, -0.2) is 0 Å². The molecule has 1 aromatic carbocycles. The molecule has 1 aliphatic carbocycles. The molecule has 2 rings (SSSR count). The topological polar surface area (TPSA) is 12.0 Å². The lowest BCUT2D eigenvalue weighted by atomic mass is 9.79. The van der Waals surface area contributed by atoms with Crippen molar-refractivity contribution in [3.8, 4) is 0 Å². The highest BCUT2D eigenvalue weighted by Crippen LogP contribution is 2.42. The van der Waals surface area contributed by atoms with Gasteiger partial charge in [0.1, 0.15) is 0 Å². The van der Waals surface area contributed by atoms with E-state index in [-0.39, 0.29) is 0 Å². The minimum absolute atomic E-state index is 1.30. The second-order valence-electron chi connectivity index (χ2n) is 4.40. The molecule has 16 heavy (non-hydrogen) atoms. The van der Waals surface area contributed by atoms with Gasteiger partial charge in [0.2, 0.25) is 0 Å². The number of nitrogens with one attached hydrogen (secondary N) is 1. The summed E-state index contributed by atoms with van der Waals surface area (Å²) in [6.07, 6.45) is 4.33. The molecule has 0 saturated carbocycles. The van der Waals surface area contributed by atoms with Gasteiger partial charge in [0.05, 0.1) is 0 Å². The van der Waals surface area contributed by atoms with E-state index in [1.807, 2.05) is 7.05 Å². The van der Waals surface area contributed by atoms with Gasteiger partial charge in [-0.05, 0) is 55.5 Å². The molecule has 0 amide bonds. The van der Waals surface area contributed by atoms with Gasteiger partial charge in [0.25, 0.3) is 0 Å².